The molecule has 22 heavy (non-hydrogen) atoms. The molecule has 0 aliphatic carbocycles. The van der Waals surface area contributed by atoms with Gasteiger partial charge in [-0.05, 0) is 23.8 Å². The highest BCUT2D eigenvalue weighted by molar-refractivity contribution is 6.31. The fraction of sp³-hybridized carbons (Fsp3) is 0.235. The van der Waals surface area contributed by atoms with Gasteiger partial charge in [0.15, 0.2) is 0 Å². The van der Waals surface area contributed by atoms with Crippen molar-refractivity contribution in [2.75, 3.05) is 13.7 Å². The summed E-state index contributed by atoms with van der Waals surface area (Å²) in [4.78, 5) is 11.2. The maximum absolute atomic E-state index is 11.2. The summed E-state index contributed by atoms with van der Waals surface area (Å²) in [6, 6.07) is 14.2. The summed E-state index contributed by atoms with van der Waals surface area (Å²) in [5, 5.41) is 10.6. The monoisotopic (exact) mass is 320 g/mol. The molecule has 1 unspecified atom stereocenters. The predicted octanol–water partition coefficient (Wildman–Crippen LogP) is 3.17. The Labute approximate surface area is 134 Å². The molecule has 0 fully saturated rings. The van der Waals surface area contributed by atoms with E-state index < -0.39 is 6.10 Å². The van der Waals surface area contributed by atoms with Crippen LogP contribution in [0.25, 0.3) is 0 Å². The molecule has 0 saturated heterocycles. The van der Waals surface area contributed by atoms with Gasteiger partial charge in [-0.15, -0.1) is 0 Å². The molecule has 5 heteroatoms. The lowest BCUT2D eigenvalue weighted by atomic mass is 10.1. The van der Waals surface area contributed by atoms with Crippen molar-refractivity contribution in [3.05, 3.63) is 64.7 Å². The Hall–Kier alpha value is -2.04. The second-order valence-corrected chi connectivity index (χ2v) is 5.15. The average molecular weight is 321 g/mol. The van der Waals surface area contributed by atoms with Gasteiger partial charge in [0.2, 0.25) is 0 Å². The van der Waals surface area contributed by atoms with E-state index in [1.54, 1.807) is 42.5 Å². The van der Waals surface area contributed by atoms with Crippen molar-refractivity contribution < 1.29 is 19.4 Å². The predicted molar refractivity (Wildman–Crippen MR) is 84.1 cm³/mol. The van der Waals surface area contributed by atoms with E-state index in [0.717, 1.165) is 5.56 Å². The molecule has 2 aromatic carbocycles. The quantitative estimate of drug-likeness (QED) is 0.831. The largest absolute Gasteiger partial charge is 0.491 e. The molecule has 0 bridgehead atoms. The van der Waals surface area contributed by atoms with Crippen LogP contribution in [0.15, 0.2) is 48.5 Å². The van der Waals surface area contributed by atoms with Crippen LogP contribution in [0.5, 0.6) is 5.75 Å². The first-order valence-electron chi connectivity index (χ1n) is 6.81. The van der Waals surface area contributed by atoms with Gasteiger partial charge in [0, 0.05) is 10.6 Å². The SMILES string of the molecule is COC(=O)Cc1ccc(OCC(O)c2ccccc2Cl)cc1. The van der Waals surface area contributed by atoms with Crippen molar-refractivity contribution in [2.45, 2.75) is 12.5 Å². The van der Waals surface area contributed by atoms with Crippen molar-refractivity contribution >= 4 is 17.6 Å². The molecule has 2 rings (SSSR count). The Kier molecular flexibility index (Phi) is 5.81. The van der Waals surface area contributed by atoms with Crippen LogP contribution in [0.2, 0.25) is 5.02 Å². The van der Waals surface area contributed by atoms with Crippen LogP contribution in [0.4, 0.5) is 0 Å². The fourth-order valence-corrected chi connectivity index (χ4v) is 2.21. The van der Waals surface area contributed by atoms with Crippen LogP contribution >= 0.6 is 11.6 Å². The van der Waals surface area contributed by atoms with Crippen molar-refractivity contribution in [1.82, 2.24) is 0 Å². The number of hydrogen-bond donors (Lipinski definition) is 1. The van der Waals surface area contributed by atoms with Gasteiger partial charge >= 0.3 is 5.97 Å². The first kappa shape index (κ1) is 16.3. The molecule has 0 aromatic heterocycles. The first-order chi connectivity index (χ1) is 10.6. The Morgan fingerprint density at radius 3 is 2.50 bits per heavy atom. The fourth-order valence-electron chi connectivity index (χ4n) is 1.95. The maximum atomic E-state index is 11.2. The lowest BCUT2D eigenvalue weighted by Crippen LogP contribution is -2.10. The highest BCUT2D eigenvalue weighted by Gasteiger charge is 2.12. The Balaban J connectivity index is 1.92. The summed E-state index contributed by atoms with van der Waals surface area (Å²) in [6.45, 7) is 0.0973. The van der Waals surface area contributed by atoms with E-state index in [1.807, 2.05) is 6.07 Å². The Morgan fingerprint density at radius 1 is 1.18 bits per heavy atom. The van der Waals surface area contributed by atoms with Crippen molar-refractivity contribution in [2.24, 2.45) is 0 Å². The third kappa shape index (κ3) is 4.48. The highest BCUT2D eigenvalue weighted by Crippen LogP contribution is 2.23. The third-order valence-electron chi connectivity index (χ3n) is 3.17. The number of benzene rings is 2. The number of aliphatic hydroxyl groups is 1. The summed E-state index contributed by atoms with van der Waals surface area (Å²) in [6.07, 6.45) is -0.581. The summed E-state index contributed by atoms with van der Waals surface area (Å²) in [7, 11) is 1.36. The van der Waals surface area contributed by atoms with Gasteiger partial charge in [-0.3, -0.25) is 4.79 Å². The zero-order chi connectivity index (χ0) is 15.9. The number of hydrogen-bond acceptors (Lipinski definition) is 4. The minimum Gasteiger partial charge on any atom is -0.491 e. The molecule has 0 radical (unpaired) electrons. The lowest BCUT2D eigenvalue weighted by Gasteiger charge is -2.14. The summed E-state index contributed by atoms with van der Waals surface area (Å²) < 4.78 is 10.1. The highest BCUT2D eigenvalue weighted by atomic mass is 35.5. The van der Waals surface area contributed by atoms with E-state index in [4.69, 9.17) is 16.3 Å². The van der Waals surface area contributed by atoms with E-state index >= 15 is 0 Å². The van der Waals surface area contributed by atoms with Gasteiger partial charge in [-0.25, -0.2) is 0 Å². The standard InChI is InChI=1S/C17H17ClO4/c1-21-17(20)10-12-6-8-13(9-7-12)22-11-16(19)14-4-2-3-5-15(14)18/h2-9,16,19H,10-11H2,1H3. The molecule has 116 valence electrons. The molecular weight excluding hydrogens is 304 g/mol. The zero-order valence-corrected chi connectivity index (χ0v) is 12.9. The average Bonchev–Trinajstić information content (AvgIpc) is 2.54. The minimum absolute atomic E-state index is 0.0973. The summed E-state index contributed by atoms with van der Waals surface area (Å²) in [5.74, 6) is 0.322. The van der Waals surface area contributed by atoms with E-state index in [2.05, 4.69) is 4.74 Å². The maximum Gasteiger partial charge on any atom is 0.309 e. The first-order valence-corrected chi connectivity index (χ1v) is 7.19. The second-order valence-electron chi connectivity index (χ2n) is 4.75. The normalized spacial score (nSPS) is 11.8. The van der Waals surface area contributed by atoms with E-state index in [0.29, 0.717) is 16.3 Å². The van der Waals surface area contributed by atoms with Gasteiger partial charge in [-0.1, -0.05) is 41.9 Å². The third-order valence-corrected chi connectivity index (χ3v) is 3.52. The van der Waals surface area contributed by atoms with Crippen LogP contribution in [0, 0.1) is 0 Å². The van der Waals surface area contributed by atoms with E-state index in [-0.39, 0.29) is 19.0 Å². The Morgan fingerprint density at radius 2 is 1.86 bits per heavy atom. The van der Waals surface area contributed by atoms with Gasteiger partial charge < -0.3 is 14.6 Å². The molecule has 1 N–H and O–H groups in total. The number of carbonyl (C=O) groups is 1. The molecular formula is C17H17ClO4. The molecule has 2 aromatic rings. The molecule has 4 nitrogen and oxygen atoms in total. The van der Waals surface area contributed by atoms with E-state index in [9.17, 15) is 9.90 Å². The van der Waals surface area contributed by atoms with Gasteiger partial charge in [0.1, 0.15) is 18.5 Å². The van der Waals surface area contributed by atoms with Gasteiger partial charge in [0.25, 0.3) is 0 Å². The summed E-state index contributed by atoms with van der Waals surface area (Å²) in [5.41, 5.74) is 1.47. The van der Waals surface area contributed by atoms with Crippen LogP contribution in [-0.2, 0) is 16.0 Å². The van der Waals surface area contributed by atoms with Gasteiger partial charge in [0.05, 0.1) is 13.5 Å². The van der Waals surface area contributed by atoms with Crippen LogP contribution in [0.3, 0.4) is 0 Å². The molecule has 0 aliphatic heterocycles. The number of esters is 1. The van der Waals surface area contributed by atoms with Crippen LogP contribution in [-0.4, -0.2) is 24.8 Å². The van der Waals surface area contributed by atoms with Crippen LogP contribution < -0.4 is 4.74 Å². The van der Waals surface area contributed by atoms with Gasteiger partial charge in [-0.2, -0.15) is 0 Å². The number of methoxy groups -OCH3 is 1. The van der Waals surface area contributed by atoms with Crippen molar-refractivity contribution in [3.8, 4) is 5.75 Å². The molecule has 0 heterocycles. The number of carbonyl (C=O) groups excluding carboxylic acids is 1. The molecule has 1 atom stereocenters. The number of rotatable bonds is 6. The Bertz CT molecular complexity index is 625. The molecule has 0 spiro atoms. The second kappa shape index (κ2) is 7.82. The topological polar surface area (TPSA) is 55.8 Å². The lowest BCUT2D eigenvalue weighted by molar-refractivity contribution is -0.139. The summed E-state index contributed by atoms with van der Waals surface area (Å²) >= 11 is 6.02. The molecule has 0 amide bonds. The zero-order valence-electron chi connectivity index (χ0n) is 12.2. The minimum atomic E-state index is -0.802. The number of halogens is 1. The van der Waals surface area contributed by atoms with Crippen LogP contribution in [0.1, 0.15) is 17.2 Å². The van der Waals surface area contributed by atoms with E-state index in [1.165, 1.54) is 7.11 Å². The smallest absolute Gasteiger partial charge is 0.309 e. The number of ether oxygens (including phenoxy) is 2. The molecule has 0 saturated carbocycles. The molecule has 0 aliphatic rings. The van der Waals surface area contributed by atoms with Crippen molar-refractivity contribution in [3.63, 3.8) is 0 Å². The number of aliphatic hydroxyl groups excluding tert-OH is 1. The van der Waals surface area contributed by atoms with Crippen molar-refractivity contribution in [1.29, 1.82) is 0 Å².